The van der Waals surface area contributed by atoms with Gasteiger partial charge >= 0.3 is 0 Å². The van der Waals surface area contributed by atoms with Crippen molar-refractivity contribution in [3.8, 4) is 10.8 Å². The van der Waals surface area contributed by atoms with Crippen LogP contribution in [0.1, 0.15) is 35.6 Å². The van der Waals surface area contributed by atoms with Gasteiger partial charge in [-0.2, -0.15) is 0 Å². The predicted molar refractivity (Wildman–Crippen MR) is 82.4 cm³/mol. The van der Waals surface area contributed by atoms with E-state index in [2.05, 4.69) is 10.3 Å². The van der Waals surface area contributed by atoms with Gasteiger partial charge in [0.1, 0.15) is 5.69 Å². The minimum Gasteiger partial charge on any atom is -0.462 e. The molecule has 2 aromatic rings. The highest BCUT2D eigenvalue weighted by Gasteiger charge is 2.21. The highest BCUT2D eigenvalue weighted by Crippen LogP contribution is 2.28. The molecule has 1 amide bonds. The average molecular weight is 308 g/mol. The molecule has 2 N–H and O–H groups in total. The van der Waals surface area contributed by atoms with Gasteiger partial charge in [-0.3, -0.25) is 4.79 Å². The normalized spacial score (nSPS) is 11.6. The van der Waals surface area contributed by atoms with Crippen molar-refractivity contribution in [2.75, 3.05) is 13.2 Å². The number of aryl methyl sites for hydroxylation is 1. The fourth-order valence-electron chi connectivity index (χ4n) is 1.91. The Hall–Kier alpha value is -1.66. The summed E-state index contributed by atoms with van der Waals surface area (Å²) in [5.74, 6) is 0.482. The molecule has 0 unspecified atom stereocenters. The van der Waals surface area contributed by atoms with Crippen molar-refractivity contribution in [1.82, 2.24) is 10.3 Å². The van der Waals surface area contributed by atoms with Crippen molar-refractivity contribution >= 4 is 17.2 Å². The number of amides is 1. The number of rotatable bonds is 6. The lowest BCUT2D eigenvalue weighted by Crippen LogP contribution is -2.35. The van der Waals surface area contributed by atoms with Gasteiger partial charge in [-0.15, -0.1) is 11.3 Å². The van der Waals surface area contributed by atoms with Crippen molar-refractivity contribution in [2.45, 2.75) is 27.2 Å². The largest absolute Gasteiger partial charge is 0.462 e. The van der Waals surface area contributed by atoms with Crippen molar-refractivity contribution in [3.05, 3.63) is 29.0 Å². The van der Waals surface area contributed by atoms with E-state index in [1.807, 2.05) is 26.8 Å². The third-order valence-electron chi connectivity index (χ3n) is 3.26. The second-order valence-electron chi connectivity index (χ2n) is 5.72. The molecule has 114 valence electrons. The Morgan fingerprint density at radius 2 is 2.29 bits per heavy atom. The molecule has 0 saturated heterocycles. The van der Waals surface area contributed by atoms with Crippen LogP contribution in [0.4, 0.5) is 0 Å². The quantitative estimate of drug-likeness (QED) is 0.860. The van der Waals surface area contributed by atoms with Crippen LogP contribution in [0.3, 0.4) is 0 Å². The minimum absolute atomic E-state index is 0.112. The standard InChI is InChI=1S/C15H20N2O3S/c1-10-12(13(19)16-9-15(2,3)6-7-18)17-14(21-10)11-5-4-8-20-11/h4-5,8,18H,6-7,9H2,1-3H3,(H,16,19). The molecule has 5 nitrogen and oxygen atoms in total. The van der Waals surface area contributed by atoms with Crippen LogP contribution in [0.2, 0.25) is 0 Å². The van der Waals surface area contributed by atoms with Gasteiger partial charge in [-0.25, -0.2) is 4.98 Å². The second-order valence-corrected chi connectivity index (χ2v) is 6.92. The Morgan fingerprint density at radius 3 is 2.90 bits per heavy atom. The highest BCUT2D eigenvalue weighted by atomic mass is 32.1. The molecule has 0 saturated carbocycles. The Labute approximate surface area is 128 Å². The molecule has 2 heterocycles. The third kappa shape index (κ3) is 3.92. The number of nitrogens with one attached hydrogen (secondary N) is 1. The highest BCUT2D eigenvalue weighted by molar-refractivity contribution is 7.15. The number of carbonyl (C=O) groups is 1. The molecule has 0 atom stereocenters. The van der Waals surface area contributed by atoms with Crippen molar-refractivity contribution < 1.29 is 14.3 Å². The van der Waals surface area contributed by atoms with Gasteiger partial charge in [0.05, 0.1) is 6.26 Å². The SMILES string of the molecule is Cc1sc(-c2ccco2)nc1C(=O)NCC(C)(C)CCO. The Balaban J connectivity index is 2.06. The first kappa shape index (κ1) is 15.7. The van der Waals surface area contributed by atoms with E-state index < -0.39 is 0 Å². The maximum atomic E-state index is 12.2. The fourth-order valence-corrected chi connectivity index (χ4v) is 2.79. The van der Waals surface area contributed by atoms with Gasteiger partial charge in [0.2, 0.25) is 0 Å². The number of furan rings is 1. The molecule has 6 heteroatoms. The molecule has 0 aromatic carbocycles. The number of aliphatic hydroxyl groups excluding tert-OH is 1. The molecule has 0 spiro atoms. The van der Waals surface area contributed by atoms with Crippen molar-refractivity contribution in [2.24, 2.45) is 5.41 Å². The lowest BCUT2D eigenvalue weighted by molar-refractivity contribution is 0.0923. The monoisotopic (exact) mass is 308 g/mol. The Bertz CT molecular complexity index is 602. The molecular formula is C15H20N2O3S. The molecular weight excluding hydrogens is 288 g/mol. The van der Waals surface area contributed by atoms with E-state index in [0.29, 0.717) is 29.4 Å². The van der Waals surface area contributed by atoms with E-state index >= 15 is 0 Å². The summed E-state index contributed by atoms with van der Waals surface area (Å²) in [6.45, 7) is 6.50. The number of aromatic nitrogens is 1. The van der Waals surface area contributed by atoms with E-state index in [4.69, 9.17) is 9.52 Å². The van der Waals surface area contributed by atoms with Crippen LogP contribution in [-0.4, -0.2) is 29.1 Å². The number of hydrogen-bond acceptors (Lipinski definition) is 5. The van der Waals surface area contributed by atoms with Crippen molar-refractivity contribution in [1.29, 1.82) is 0 Å². The molecule has 0 bridgehead atoms. The minimum atomic E-state index is -0.187. The molecule has 0 aliphatic carbocycles. The van der Waals surface area contributed by atoms with Gasteiger partial charge < -0.3 is 14.8 Å². The Morgan fingerprint density at radius 1 is 1.52 bits per heavy atom. The number of hydrogen-bond donors (Lipinski definition) is 2. The van der Waals surface area contributed by atoms with Gasteiger partial charge in [0.25, 0.3) is 5.91 Å². The summed E-state index contributed by atoms with van der Waals surface area (Å²) in [7, 11) is 0. The fraction of sp³-hybridized carbons (Fsp3) is 0.467. The summed E-state index contributed by atoms with van der Waals surface area (Å²) >= 11 is 1.44. The zero-order chi connectivity index (χ0) is 15.5. The number of nitrogens with zero attached hydrogens (tertiary/aromatic N) is 1. The summed E-state index contributed by atoms with van der Waals surface area (Å²) in [4.78, 5) is 17.5. The maximum absolute atomic E-state index is 12.2. The molecule has 21 heavy (non-hydrogen) atoms. The summed E-state index contributed by atoms with van der Waals surface area (Å²) < 4.78 is 5.30. The smallest absolute Gasteiger partial charge is 0.271 e. The summed E-state index contributed by atoms with van der Waals surface area (Å²) in [6, 6.07) is 3.62. The molecule has 0 aliphatic heterocycles. The molecule has 0 fully saturated rings. The van der Waals surface area contributed by atoms with Gasteiger partial charge in [0.15, 0.2) is 10.8 Å². The molecule has 2 rings (SSSR count). The first-order valence-corrected chi connectivity index (χ1v) is 7.65. The third-order valence-corrected chi connectivity index (χ3v) is 4.25. The first-order valence-electron chi connectivity index (χ1n) is 6.83. The zero-order valence-corrected chi connectivity index (χ0v) is 13.3. The predicted octanol–water partition coefficient (Wildman–Crippen LogP) is 2.85. The van der Waals surface area contributed by atoms with Crippen LogP contribution in [0.5, 0.6) is 0 Å². The summed E-state index contributed by atoms with van der Waals surface area (Å²) in [6.07, 6.45) is 2.23. The van der Waals surface area contributed by atoms with E-state index in [1.165, 1.54) is 11.3 Å². The van der Waals surface area contributed by atoms with Crippen LogP contribution in [0.15, 0.2) is 22.8 Å². The van der Waals surface area contributed by atoms with Crippen LogP contribution >= 0.6 is 11.3 Å². The second kappa shape index (κ2) is 6.41. The average Bonchev–Trinajstić information content (AvgIpc) is 3.05. The van der Waals surface area contributed by atoms with Crippen LogP contribution < -0.4 is 5.32 Å². The lowest BCUT2D eigenvalue weighted by Gasteiger charge is -2.23. The van der Waals surface area contributed by atoms with E-state index in [1.54, 1.807) is 12.3 Å². The summed E-state index contributed by atoms with van der Waals surface area (Å²) in [5.41, 5.74) is 0.296. The van der Waals surface area contributed by atoms with E-state index in [-0.39, 0.29) is 17.9 Å². The topological polar surface area (TPSA) is 75.4 Å². The Kier molecular flexibility index (Phi) is 4.80. The molecule has 2 aromatic heterocycles. The lowest BCUT2D eigenvalue weighted by atomic mass is 9.90. The molecule has 0 radical (unpaired) electrons. The van der Waals surface area contributed by atoms with Gasteiger partial charge in [-0.05, 0) is 30.9 Å². The number of aliphatic hydroxyl groups is 1. The van der Waals surface area contributed by atoms with E-state index in [9.17, 15) is 4.79 Å². The van der Waals surface area contributed by atoms with Crippen molar-refractivity contribution in [3.63, 3.8) is 0 Å². The van der Waals surface area contributed by atoms with Crippen LogP contribution in [0.25, 0.3) is 10.8 Å². The van der Waals surface area contributed by atoms with Gasteiger partial charge in [0, 0.05) is 18.0 Å². The first-order chi connectivity index (χ1) is 9.93. The van der Waals surface area contributed by atoms with Crippen LogP contribution in [0, 0.1) is 12.3 Å². The number of carbonyl (C=O) groups excluding carboxylic acids is 1. The molecule has 0 aliphatic rings. The van der Waals surface area contributed by atoms with Gasteiger partial charge in [-0.1, -0.05) is 13.8 Å². The summed E-state index contributed by atoms with van der Waals surface area (Å²) in [5, 5.41) is 12.6. The zero-order valence-electron chi connectivity index (χ0n) is 12.5. The number of thiazole rings is 1. The van der Waals surface area contributed by atoms with Crippen LogP contribution in [-0.2, 0) is 0 Å². The van der Waals surface area contributed by atoms with E-state index in [0.717, 1.165) is 4.88 Å². The maximum Gasteiger partial charge on any atom is 0.271 e.